The highest BCUT2D eigenvalue weighted by Crippen LogP contribution is 2.29. The van der Waals surface area contributed by atoms with Crippen LogP contribution in [0.3, 0.4) is 0 Å². The highest BCUT2D eigenvalue weighted by Gasteiger charge is 2.49. The molecule has 1 aliphatic rings. The molecule has 172 valence electrons. The molecule has 3 unspecified atom stereocenters. The van der Waals surface area contributed by atoms with Crippen molar-refractivity contribution in [3.8, 4) is 0 Å². The third kappa shape index (κ3) is 5.66. The van der Waals surface area contributed by atoms with E-state index in [0.29, 0.717) is 11.1 Å². The summed E-state index contributed by atoms with van der Waals surface area (Å²) >= 11 is 12.0. The number of aliphatic imine (C=N–C) groups is 1. The molecule has 2 aromatic carbocycles. The first-order valence-corrected chi connectivity index (χ1v) is 9.85. The van der Waals surface area contributed by atoms with Gasteiger partial charge in [-0.3, -0.25) is 4.79 Å². The predicted octanol–water partition coefficient (Wildman–Crippen LogP) is 4.47. The molecular weight excluding hydrogens is 480 g/mol. The quantitative estimate of drug-likeness (QED) is 0.287. The number of carbonyl (C=O) groups is 1. The Morgan fingerprint density at radius 2 is 1.78 bits per heavy atom. The largest absolute Gasteiger partial charge is 0.405 e. The third-order valence-electron chi connectivity index (χ3n) is 4.65. The monoisotopic (exact) mass is 495 g/mol. The number of anilines is 1. The fraction of sp³-hybridized carbons (Fsp3) is 0.263. The van der Waals surface area contributed by atoms with Crippen molar-refractivity contribution in [2.24, 2.45) is 10.9 Å². The molecule has 3 rings (SSSR count). The summed E-state index contributed by atoms with van der Waals surface area (Å²) in [5.41, 5.74) is 4.57. The summed E-state index contributed by atoms with van der Waals surface area (Å²) in [5.74, 6) is -4.67. The van der Waals surface area contributed by atoms with Crippen molar-refractivity contribution in [1.29, 1.82) is 0 Å². The summed E-state index contributed by atoms with van der Waals surface area (Å²) in [6.07, 6.45) is -5.52. The molecule has 1 heterocycles. The predicted molar refractivity (Wildman–Crippen MR) is 110 cm³/mol. The lowest BCUT2D eigenvalue weighted by molar-refractivity contribution is -0.160. The van der Waals surface area contributed by atoms with E-state index in [-0.39, 0.29) is 22.2 Å². The van der Waals surface area contributed by atoms with E-state index in [1.165, 1.54) is 25.1 Å². The average Bonchev–Trinajstić information content (AvgIpc) is 3.06. The van der Waals surface area contributed by atoms with Gasteiger partial charge in [-0.25, -0.2) is 19.6 Å². The van der Waals surface area contributed by atoms with Crippen LogP contribution in [-0.2, 0) is 0 Å². The first kappa shape index (κ1) is 24.2. The number of nitrogens with zero attached hydrogens (tertiary/aromatic N) is 1. The number of hydrogen-bond donors (Lipinski definition) is 4. The van der Waals surface area contributed by atoms with Crippen LogP contribution in [0.25, 0.3) is 0 Å². The van der Waals surface area contributed by atoms with Gasteiger partial charge in [0.2, 0.25) is 5.96 Å². The van der Waals surface area contributed by atoms with E-state index in [1.54, 1.807) is 0 Å². The smallest absolute Gasteiger partial charge is 0.339 e. The van der Waals surface area contributed by atoms with E-state index in [1.807, 2.05) is 0 Å². The Balaban J connectivity index is 1.89. The maximum absolute atomic E-state index is 13.5. The lowest BCUT2D eigenvalue weighted by atomic mass is 10.0. The number of nitrogens with one attached hydrogen (secondary N) is 4. The molecule has 0 bridgehead atoms. The number of hydrogen-bond acceptors (Lipinski definition) is 3. The number of halogens is 7. The number of amides is 1. The molecular formula is C19H16Cl2F5N5O. The van der Waals surface area contributed by atoms with Crippen LogP contribution in [0.1, 0.15) is 17.3 Å². The summed E-state index contributed by atoms with van der Waals surface area (Å²) in [7, 11) is 0. The molecule has 1 fully saturated rings. The fourth-order valence-corrected chi connectivity index (χ4v) is 3.40. The zero-order valence-electron chi connectivity index (χ0n) is 16.2. The summed E-state index contributed by atoms with van der Waals surface area (Å²) in [5, 5.41) is 5.85. The van der Waals surface area contributed by atoms with Gasteiger partial charge in [0.25, 0.3) is 5.91 Å². The maximum Gasteiger partial charge on any atom is 0.405 e. The van der Waals surface area contributed by atoms with Crippen molar-refractivity contribution in [3.05, 3.63) is 63.6 Å². The van der Waals surface area contributed by atoms with Crippen LogP contribution >= 0.6 is 23.2 Å². The van der Waals surface area contributed by atoms with Gasteiger partial charge in [0, 0.05) is 16.5 Å². The molecule has 1 amide bonds. The van der Waals surface area contributed by atoms with Crippen molar-refractivity contribution < 1.29 is 26.7 Å². The highest BCUT2D eigenvalue weighted by molar-refractivity contribution is 6.36. The lowest BCUT2D eigenvalue weighted by Gasteiger charge is -2.23. The molecule has 1 saturated heterocycles. The van der Waals surface area contributed by atoms with Gasteiger partial charge < -0.3 is 10.6 Å². The Kier molecular flexibility index (Phi) is 7.23. The molecule has 1 aliphatic heterocycles. The number of benzene rings is 2. The van der Waals surface area contributed by atoms with Crippen LogP contribution in [0.2, 0.25) is 10.0 Å². The summed E-state index contributed by atoms with van der Waals surface area (Å²) in [4.78, 5) is 16.3. The SMILES string of the molecule is CC1C(N/C(=N\C(=O)c2ccc(F)c(F)c2)Nc2ccc(Cl)cc2Cl)NNC1C(F)(F)F. The van der Waals surface area contributed by atoms with Gasteiger partial charge in [-0.05, 0) is 36.4 Å². The topological polar surface area (TPSA) is 77.5 Å². The molecule has 4 N–H and O–H groups in total. The Morgan fingerprint density at radius 3 is 2.38 bits per heavy atom. The van der Waals surface area contributed by atoms with Gasteiger partial charge in [-0.2, -0.15) is 18.2 Å². The number of guanidine groups is 1. The Morgan fingerprint density at radius 1 is 1.06 bits per heavy atom. The number of hydrazine groups is 1. The van der Waals surface area contributed by atoms with Crippen molar-refractivity contribution in [1.82, 2.24) is 16.2 Å². The second-order valence-corrected chi connectivity index (χ2v) is 7.78. The molecule has 2 aromatic rings. The second kappa shape index (κ2) is 9.57. The van der Waals surface area contributed by atoms with Crippen LogP contribution in [0, 0.1) is 17.6 Å². The Bertz CT molecular complexity index is 1050. The van der Waals surface area contributed by atoms with Crippen LogP contribution in [0.5, 0.6) is 0 Å². The Hall–Kier alpha value is -2.47. The van der Waals surface area contributed by atoms with Crippen molar-refractivity contribution in [2.45, 2.75) is 25.3 Å². The van der Waals surface area contributed by atoms with Crippen LogP contribution < -0.4 is 21.5 Å². The van der Waals surface area contributed by atoms with Crippen LogP contribution in [0.15, 0.2) is 41.4 Å². The van der Waals surface area contributed by atoms with E-state index in [9.17, 15) is 26.7 Å². The summed E-state index contributed by atoms with van der Waals surface area (Å²) < 4.78 is 66.0. The zero-order valence-corrected chi connectivity index (χ0v) is 17.7. The van der Waals surface area contributed by atoms with Gasteiger partial charge in [0.1, 0.15) is 6.04 Å². The van der Waals surface area contributed by atoms with Crippen LogP contribution in [0.4, 0.5) is 27.6 Å². The number of alkyl halides is 3. The van der Waals surface area contributed by atoms with Gasteiger partial charge in [-0.15, -0.1) is 0 Å². The molecule has 3 atom stereocenters. The molecule has 0 saturated carbocycles. The van der Waals surface area contributed by atoms with Crippen molar-refractivity contribution in [2.75, 3.05) is 5.32 Å². The molecule has 0 spiro atoms. The molecule has 0 aliphatic carbocycles. The number of carbonyl (C=O) groups excluding carboxylic acids is 1. The first-order chi connectivity index (χ1) is 15.0. The molecule has 0 radical (unpaired) electrons. The second-order valence-electron chi connectivity index (χ2n) is 6.93. The molecule has 32 heavy (non-hydrogen) atoms. The molecule has 6 nitrogen and oxygen atoms in total. The van der Waals surface area contributed by atoms with E-state index in [2.05, 4.69) is 26.5 Å². The van der Waals surface area contributed by atoms with E-state index >= 15 is 0 Å². The normalized spacial score (nSPS) is 21.5. The lowest BCUT2D eigenvalue weighted by Crippen LogP contribution is -2.49. The van der Waals surface area contributed by atoms with Crippen molar-refractivity contribution >= 4 is 40.8 Å². The zero-order chi connectivity index (χ0) is 23.6. The summed E-state index contributed by atoms with van der Waals surface area (Å²) in [6.45, 7) is 1.34. The minimum atomic E-state index is -4.52. The Labute approximate surface area is 189 Å². The van der Waals surface area contributed by atoms with Gasteiger partial charge in [0.05, 0.1) is 16.9 Å². The van der Waals surface area contributed by atoms with E-state index in [0.717, 1.165) is 12.1 Å². The van der Waals surface area contributed by atoms with Gasteiger partial charge in [-0.1, -0.05) is 30.1 Å². The fourth-order valence-electron chi connectivity index (χ4n) is 2.94. The molecule has 13 heteroatoms. The molecule has 0 aromatic heterocycles. The number of rotatable bonds is 3. The van der Waals surface area contributed by atoms with E-state index in [4.69, 9.17) is 23.2 Å². The highest BCUT2D eigenvalue weighted by atomic mass is 35.5. The first-order valence-electron chi connectivity index (χ1n) is 9.10. The average molecular weight is 496 g/mol. The summed E-state index contributed by atoms with van der Waals surface area (Å²) in [6, 6.07) is 4.93. The van der Waals surface area contributed by atoms with Gasteiger partial charge in [0.15, 0.2) is 11.6 Å². The standard InChI is InChI=1S/C19H16Cl2F5N5O/c1-8-15(19(24,25)26)30-31-16(8)28-18(27-14-5-3-10(20)7-11(14)21)29-17(32)9-2-4-12(22)13(23)6-9/h2-8,15-16,30-31H,1H3,(H2,27,28,29,32). The maximum atomic E-state index is 13.5. The van der Waals surface area contributed by atoms with Crippen molar-refractivity contribution in [3.63, 3.8) is 0 Å². The van der Waals surface area contributed by atoms with Gasteiger partial charge >= 0.3 is 6.18 Å². The minimum Gasteiger partial charge on any atom is -0.339 e. The minimum absolute atomic E-state index is 0.144. The van der Waals surface area contributed by atoms with Crippen LogP contribution in [-0.4, -0.2) is 30.3 Å². The third-order valence-corrected chi connectivity index (χ3v) is 5.20. The van der Waals surface area contributed by atoms with E-state index < -0.39 is 41.8 Å².